The van der Waals surface area contributed by atoms with Crippen molar-refractivity contribution in [1.29, 1.82) is 0 Å². The number of halogens is 1. The van der Waals surface area contributed by atoms with E-state index >= 15 is 0 Å². The first-order chi connectivity index (χ1) is 18.0. The number of carbonyl (C=O) groups excluding carboxylic acids is 1. The van der Waals surface area contributed by atoms with E-state index in [9.17, 15) is 9.18 Å². The van der Waals surface area contributed by atoms with Crippen molar-refractivity contribution in [2.75, 3.05) is 36.5 Å². The first kappa shape index (κ1) is 22.2. The molecule has 9 nitrogen and oxygen atoms in total. The summed E-state index contributed by atoms with van der Waals surface area (Å²) in [5, 5.41) is 6.87. The van der Waals surface area contributed by atoms with Crippen LogP contribution < -0.4 is 10.2 Å². The Morgan fingerprint density at radius 3 is 2.76 bits per heavy atom. The van der Waals surface area contributed by atoms with Gasteiger partial charge in [-0.15, -0.1) is 0 Å². The van der Waals surface area contributed by atoms with Gasteiger partial charge < -0.3 is 23.9 Å². The summed E-state index contributed by atoms with van der Waals surface area (Å²) in [4.78, 5) is 24.1. The van der Waals surface area contributed by atoms with Gasteiger partial charge in [0, 0.05) is 30.0 Å². The average Bonchev–Trinajstić information content (AvgIpc) is 3.24. The lowest BCUT2D eigenvalue weighted by atomic mass is 9.77. The number of nitrogens with one attached hydrogen (secondary N) is 1. The minimum Gasteiger partial charge on any atom is -0.431 e. The van der Waals surface area contributed by atoms with E-state index in [1.165, 1.54) is 6.20 Å². The minimum atomic E-state index is -0.917. The third-order valence-corrected chi connectivity index (χ3v) is 7.29. The molecule has 10 heteroatoms. The fourth-order valence-electron chi connectivity index (χ4n) is 4.94. The van der Waals surface area contributed by atoms with Crippen molar-refractivity contribution in [1.82, 2.24) is 15.1 Å². The topological polar surface area (TPSA) is 107 Å². The first-order valence-corrected chi connectivity index (χ1v) is 12.3. The monoisotopic (exact) mass is 501 g/mol. The summed E-state index contributed by atoms with van der Waals surface area (Å²) in [5.74, 6) is 0.417. The van der Waals surface area contributed by atoms with Crippen molar-refractivity contribution >= 4 is 17.3 Å². The molecule has 3 aliphatic rings. The van der Waals surface area contributed by atoms with Gasteiger partial charge in [-0.25, -0.2) is 9.37 Å². The summed E-state index contributed by atoms with van der Waals surface area (Å²) >= 11 is 0. The van der Waals surface area contributed by atoms with Crippen molar-refractivity contribution in [3.8, 4) is 22.8 Å². The average molecular weight is 502 g/mol. The Balaban J connectivity index is 1.09. The molecule has 0 unspecified atom stereocenters. The molecule has 2 saturated heterocycles. The van der Waals surface area contributed by atoms with Crippen molar-refractivity contribution in [2.45, 2.75) is 25.4 Å². The molecule has 1 N–H and O–H groups in total. The van der Waals surface area contributed by atoms with E-state index in [-0.39, 0.29) is 17.1 Å². The maximum Gasteiger partial charge on any atom is 0.293 e. The van der Waals surface area contributed by atoms with Crippen LogP contribution in [-0.2, 0) is 4.74 Å². The molecule has 2 aliphatic heterocycles. The van der Waals surface area contributed by atoms with E-state index in [0.717, 1.165) is 43.1 Å². The van der Waals surface area contributed by atoms with Gasteiger partial charge in [-0.3, -0.25) is 4.79 Å². The normalized spacial score (nSPS) is 21.4. The van der Waals surface area contributed by atoms with Crippen LogP contribution in [0.4, 0.5) is 15.8 Å². The van der Waals surface area contributed by atoms with Crippen molar-refractivity contribution < 1.29 is 22.9 Å². The lowest BCUT2D eigenvalue weighted by Gasteiger charge is -2.56. The minimum absolute atomic E-state index is 0.103. The lowest BCUT2D eigenvalue weighted by Crippen LogP contribution is -2.66. The highest BCUT2D eigenvalue weighted by molar-refractivity contribution is 6.03. The number of oxazole rings is 1. The van der Waals surface area contributed by atoms with Crippen LogP contribution in [0.3, 0.4) is 0 Å². The Labute approximate surface area is 211 Å². The molecule has 0 radical (unpaired) electrons. The molecule has 0 bridgehead atoms. The summed E-state index contributed by atoms with van der Waals surface area (Å²) in [6.07, 6.45) is 0.931. The van der Waals surface area contributed by atoms with Gasteiger partial charge in [-0.05, 0) is 37.1 Å². The van der Waals surface area contributed by atoms with Gasteiger partial charge in [0.1, 0.15) is 6.17 Å². The number of nitrogens with zero attached hydrogens (tertiary/aromatic N) is 4. The van der Waals surface area contributed by atoms with Gasteiger partial charge in [0.25, 0.3) is 5.91 Å². The molecule has 1 amide bonds. The third-order valence-electron chi connectivity index (χ3n) is 7.29. The molecule has 1 spiro atoms. The standard InChI is InChI=1S/C27H24FN5O4/c1-15-6-7-16(23-31-26(37-32-23)18-9-19(18)28)8-20(15)30-24(34)22-10-29-25(36-22)17-4-2-3-5-21(17)33-11-27(12-33)13-35-14-27/h2-8,10,18-19H,9,11-14H2,1H3,(H,30,34)/t18-,19-/m0/s1. The van der Waals surface area contributed by atoms with E-state index in [2.05, 4.69) is 25.3 Å². The van der Waals surface area contributed by atoms with E-state index in [4.69, 9.17) is 13.7 Å². The third kappa shape index (κ3) is 3.88. The van der Waals surface area contributed by atoms with E-state index in [0.29, 0.717) is 35.3 Å². The van der Waals surface area contributed by atoms with Gasteiger partial charge in [0.2, 0.25) is 23.4 Å². The fraction of sp³-hybridized carbons (Fsp3) is 0.333. The summed E-state index contributed by atoms with van der Waals surface area (Å²) in [6.45, 7) is 5.37. The van der Waals surface area contributed by atoms with Crippen LogP contribution in [0.25, 0.3) is 22.8 Å². The summed E-state index contributed by atoms with van der Waals surface area (Å²) in [5.41, 5.74) is 4.23. The van der Waals surface area contributed by atoms with Gasteiger partial charge >= 0.3 is 0 Å². The number of aromatic nitrogens is 3. The van der Waals surface area contributed by atoms with Crippen LogP contribution in [0.15, 0.2) is 57.6 Å². The van der Waals surface area contributed by atoms with Crippen LogP contribution in [0.2, 0.25) is 0 Å². The predicted octanol–water partition coefficient (Wildman–Crippen LogP) is 4.61. The molecule has 7 rings (SSSR count). The highest BCUT2D eigenvalue weighted by Gasteiger charge is 2.49. The number of carbonyl (C=O) groups is 1. The quantitative estimate of drug-likeness (QED) is 0.408. The largest absolute Gasteiger partial charge is 0.431 e. The number of alkyl halides is 1. The second-order valence-electron chi connectivity index (χ2n) is 10.2. The van der Waals surface area contributed by atoms with E-state index in [1.54, 1.807) is 6.07 Å². The Morgan fingerprint density at radius 1 is 1.19 bits per heavy atom. The number of hydrogen-bond acceptors (Lipinski definition) is 8. The van der Waals surface area contributed by atoms with Gasteiger partial charge in [-0.1, -0.05) is 29.4 Å². The lowest BCUT2D eigenvalue weighted by molar-refractivity contribution is -0.127. The number of ether oxygens (including phenoxy) is 1. The number of benzene rings is 2. The van der Waals surface area contributed by atoms with Crippen molar-refractivity contribution in [3.63, 3.8) is 0 Å². The molecule has 37 heavy (non-hydrogen) atoms. The number of anilines is 2. The zero-order valence-corrected chi connectivity index (χ0v) is 20.1. The van der Waals surface area contributed by atoms with Gasteiger partial charge in [0.05, 0.1) is 36.3 Å². The van der Waals surface area contributed by atoms with E-state index in [1.807, 2.05) is 43.3 Å². The summed E-state index contributed by atoms with van der Waals surface area (Å²) < 4.78 is 29.9. The number of para-hydroxylation sites is 1. The maximum atomic E-state index is 13.3. The van der Waals surface area contributed by atoms with Crippen LogP contribution in [-0.4, -0.2) is 53.5 Å². The predicted molar refractivity (Wildman–Crippen MR) is 132 cm³/mol. The molecule has 3 fully saturated rings. The van der Waals surface area contributed by atoms with E-state index < -0.39 is 12.1 Å². The van der Waals surface area contributed by atoms with Gasteiger partial charge in [0.15, 0.2) is 0 Å². The molecule has 4 heterocycles. The molecule has 4 aromatic rings. The molecule has 1 aliphatic carbocycles. The zero-order chi connectivity index (χ0) is 25.1. The first-order valence-electron chi connectivity index (χ1n) is 12.3. The van der Waals surface area contributed by atoms with Crippen molar-refractivity contribution in [3.05, 3.63) is 65.9 Å². The Hall–Kier alpha value is -4.05. The zero-order valence-electron chi connectivity index (χ0n) is 20.1. The Morgan fingerprint density at radius 2 is 2.00 bits per heavy atom. The fourth-order valence-corrected chi connectivity index (χ4v) is 4.94. The summed E-state index contributed by atoms with van der Waals surface area (Å²) in [7, 11) is 0. The highest BCUT2D eigenvalue weighted by Crippen LogP contribution is 2.44. The molecular formula is C27H24FN5O4. The van der Waals surface area contributed by atoms with Crippen LogP contribution in [0, 0.1) is 12.3 Å². The second kappa shape index (κ2) is 8.24. The van der Waals surface area contributed by atoms with Crippen molar-refractivity contribution in [2.24, 2.45) is 5.41 Å². The number of aryl methyl sites for hydroxylation is 1. The van der Waals surface area contributed by atoms with Crippen LogP contribution in [0.5, 0.6) is 0 Å². The Kier molecular flexibility index (Phi) is 4.94. The second-order valence-corrected chi connectivity index (χ2v) is 10.2. The van der Waals surface area contributed by atoms with Crippen LogP contribution >= 0.6 is 0 Å². The van der Waals surface area contributed by atoms with Gasteiger partial charge in [-0.2, -0.15) is 4.98 Å². The molecule has 2 aromatic heterocycles. The number of hydrogen-bond donors (Lipinski definition) is 1. The molecule has 188 valence electrons. The SMILES string of the molecule is Cc1ccc(-c2noc([C@H]3C[C@@H]3F)n2)cc1NC(=O)c1cnc(-c2ccccc2N2CC3(COC3)C2)o1. The van der Waals surface area contributed by atoms with Crippen LogP contribution in [0.1, 0.15) is 34.3 Å². The highest BCUT2D eigenvalue weighted by atomic mass is 19.1. The number of rotatable bonds is 6. The molecule has 2 aromatic carbocycles. The smallest absolute Gasteiger partial charge is 0.293 e. The number of amides is 1. The Bertz CT molecular complexity index is 1500. The summed E-state index contributed by atoms with van der Waals surface area (Å²) in [6, 6.07) is 13.4. The molecular weight excluding hydrogens is 477 g/mol. The molecule has 2 atom stereocenters. The molecule has 1 saturated carbocycles. The maximum absolute atomic E-state index is 13.3.